The van der Waals surface area contributed by atoms with E-state index < -0.39 is 0 Å². The third kappa shape index (κ3) is 3.36. The molecule has 0 aromatic carbocycles. The lowest BCUT2D eigenvalue weighted by Gasteiger charge is -2.18. The van der Waals surface area contributed by atoms with Gasteiger partial charge in [0.25, 0.3) is 5.91 Å². The van der Waals surface area contributed by atoms with Crippen molar-refractivity contribution in [3.05, 3.63) is 40.5 Å². The van der Waals surface area contributed by atoms with Gasteiger partial charge in [-0.3, -0.25) is 4.79 Å². The van der Waals surface area contributed by atoms with Crippen molar-refractivity contribution in [1.29, 1.82) is 0 Å². The van der Waals surface area contributed by atoms with Crippen LogP contribution in [0.1, 0.15) is 28.2 Å². The highest BCUT2D eigenvalue weighted by atomic mass is 32.1. The predicted molar refractivity (Wildman–Crippen MR) is 86.6 cm³/mol. The molecule has 2 heterocycles. The fraction of sp³-hybridized carbons (Fsp3) is 0.438. The zero-order valence-electron chi connectivity index (χ0n) is 13.0. The number of hydrogen-bond acceptors (Lipinski definition) is 3. The first-order chi connectivity index (χ1) is 10.1. The van der Waals surface area contributed by atoms with Gasteiger partial charge in [-0.05, 0) is 43.8 Å². The van der Waals surface area contributed by atoms with Gasteiger partial charge in [0.15, 0.2) is 0 Å². The normalized spacial score (nSPS) is 10.9. The molecule has 114 valence electrons. The number of methoxy groups -OCH3 is 1. The summed E-state index contributed by atoms with van der Waals surface area (Å²) in [6, 6.07) is 6.06. The zero-order chi connectivity index (χ0) is 15.4. The van der Waals surface area contributed by atoms with Crippen LogP contribution in [0.15, 0.2) is 23.6 Å². The molecule has 0 spiro atoms. The third-order valence-electron chi connectivity index (χ3n) is 3.54. The van der Waals surface area contributed by atoms with Gasteiger partial charge in [0.2, 0.25) is 0 Å². The van der Waals surface area contributed by atoms with Crippen LogP contribution in [0.3, 0.4) is 0 Å². The molecule has 0 atom stereocenters. The molecule has 0 fully saturated rings. The summed E-state index contributed by atoms with van der Waals surface area (Å²) >= 11 is 1.60. The van der Waals surface area contributed by atoms with E-state index in [-0.39, 0.29) is 5.91 Å². The Morgan fingerprint density at radius 2 is 1.95 bits per heavy atom. The monoisotopic (exact) mass is 306 g/mol. The van der Waals surface area contributed by atoms with E-state index in [2.05, 4.69) is 30.5 Å². The Hall–Kier alpha value is -1.59. The maximum Gasteiger partial charge on any atom is 0.256 e. The molecule has 4 nitrogen and oxygen atoms in total. The van der Waals surface area contributed by atoms with E-state index in [9.17, 15) is 4.79 Å². The van der Waals surface area contributed by atoms with Crippen LogP contribution in [-0.4, -0.2) is 42.7 Å². The van der Waals surface area contributed by atoms with E-state index in [1.807, 2.05) is 18.5 Å². The van der Waals surface area contributed by atoms with Crippen LogP contribution < -0.4 is 0 Å². The third-order valence-corrected chi connectivity index (χ3v) is 4.44. The van der Waals surface area contributed by atoms with E-state index in [1.54, 1.807) is 23.3 Å². The maximum absolute atomic E-state index is 12.6. The van der Waals surface area contributed by atoms with Crippen molar-refractivity contribution < 1.29 is 9.53 Å². The molecule has 0 aliphatic rings. The van der Waals surface area contributed by atoms with Gasteiger partial charge in [-0.25, -0.2) is 0 Å². The summed E-state index contributed by atoms with van der Waals surface area (Å²) in [4.78, 5) is 14.4. The van der Waals surface area contributed by atoms with Crippen molar-refractivity contribution in [2.24, 2.45) is 0 Å². The second-order valence-corrected chi connectivity index (χ2v) is 6.06. The second kappa shape index (κ2) is 6.91. The highest BCUT2D eigenvalue weighted by Gasteiger charge is 2.19. The Kier molecular flexibility index (Phi) is 5.20. The van der Waals surface area contributed by atoms with Crippen molar-refractivity contribution >= 4 is 17.2 Å². The molecule has 2 aromatic rings. The van der Waals surface area contributed by atoms with Crippen LogP contribution in [0.2, 0.25) is 0 Å². The predicted octanol–water partition coefficient (Wildman–Crippen LogP) is 3.26. The van der Waals surface area contributed by atoms with Crippen molar-refractivity contribution in [3.63, 3.8) is 0 Å². The first-order valence-corrected chi connectivity index (χ1v) is 7.91. The van der Waals surface area contributed by atoms with E-state index in [0.29, 0.717) is 13.2 Å². The largest absolute Gasteiger partial charge is 0.385 e. The molecule has 0 saturated carbocycles. The zero-order valence-corrected chi connectivity index (χ0v) is 13.9. The minimum atomic E-state index is 0.0647. The quantitative estimate of drug-likeness (QED) is 0.768. The van der Waals surface area contributed by atoms with Gasteiger partial charge in [0.05, 0.1) is 5.56 Å². The van der Waals surface area contributed by atoms with Gasteiger partial charge in [0, 0.05) is 38.7 Å². The topological polar surface area (TPSA) is 34.5 Å². The number of thiophene rings is 1. The number of rotatable bonds is 6. The molecule has 0 N–H and O–H groups in total. The number of ether oxygens (including phenoxy) is 1. The molecule has 0 aliphatic carbocycles. The lowest BCUT2D eigenvalue weighted by atomic mass is 10.2. The Morgan fingerprint density at radius 1 is 1.29 bits per heavy atom. The highest BCUT2D eigenvalue weighted by molar-refractivity contribution is 7.13. The van der Waals surface area contributed by atoms with Gasteiger partial charge in [-0.1, -0.05) is 0 Å². The molecular weight excluding hydrogens is 284 g/mol. The van der Waals surface area contributed by atoms with Crippen molar-refractivity contribution in [2.45, 2.75) is 20.3 Å². The fourth-order valence-corrected chi connectivity index (χ4v) is 3.39. The van der Waals surface area contributed by atoms with Crippen molar-refractivity contribution in [3.8, 4) is 5.00 Å². The maximum atomic E-state index is 12.6. The summed E-state index contributed by atoms with van der Waals surface area (Å²) < 4.78 is 7.18. The van der Waals surface area contributed by atoms with E-state index in [1.165, 1.54) is 0 Å². The Labute approximate surface area is 130 Å². The summed E-state index contributed by atoms with van der Waals surface area (Å²) in [5.41, 5.74) is 3.05. The molecule has 0 unspecified atom stereocenters. The van der Waals surface area contributed by atoms with Crippen molar-refractivity contribution in [2.75, 3.05) is 27.3 Å². The number of nitrogens with zero attached hydrogens (tertiary/aromatic N) is 2. The molecule has 0 radical (unpaired) electrons. The number of amides is 1. The Morgan fingerprint density at radius 3 is 2.57 bits per heavy atom. The number of aromatic nitrogens is 1. The minimum Gasteiger partial charge on any atom is -0.385 e. The van der Waals surface area contributed by atoms with Gasteiger partial charge in [0.1, 0.15) is 5.00 Å². The molecule has 2 rings (SSSR count). The molecule has 2 aromatic heterocycles. The summed E-state index contributed by atoms with van der Waals surface area (Å²) in [5.74, 6) is 0.0647. The SMILES string of the molecule is COCCCN(C)C(=O)c1ccsc1-n1c(C)ccc1C. The summed E-state index contributed by atoms with van der Waals surface area (Å²) in [6.07, 6.45) is 0.847. The summed E-state index contributed by atoms with van der Waals surface area (Å²) in [5, 5.41) is 2.98. The van der Waals surface area contributed by atoms with Gasteiger partial charge < -0.3 is 14.2 Å². The first-order valence-electron chi connectivity index (χ1n) is 7.03. The van der Waals surface area contributed by atoms with Crippen LogP contribution >= 0.6 is 11.3 Å². The van der Waals surface area contributed by atoms with Gasteiger partial charge in [-0.15, -0.1) is 11.3 Å². The molecule has 0 aliphatic heterocycles. The van der Waals surface area contributed by atoms with Crippen LogP contribution in [0.5, 0.6) is 0 Å². The van der Waals surface area contributed by atoms with Crippen LogP contribution in [0.4, 0.5) is 0 Å². The standard InChI is InChI=1S/C16H22N2O2S/c1-12-6-7-13(2)18(12)16-14(8-11-21-16)15(19)17(3)9-5-10-20-4/h6-8,11H,5,9-10H2,1-4H3. The van der Waals surface area contributed by atoms with Crippen molar-refractivity contribution in [1.82, 2.24) is 9.47 Å². The fourth-order valence-electron chi connectivity index (χ4n) is 2.38. The number of hydrogen-bond donors (Lipinski definition) is 0. The van der Waals surface area contributed by atoms with E-state index in [0.717, 1.165) is 28.4 Å². The Bertz CT molecular complexity index is 596. The molecular formula is C16H22N2O2S. The number of aryl methyl sites for hydroxylation is 2. The minimum absolute atomic E-state index is 0.0647. The molecule has 0 saturated heterocycles. The Balaban J connectivity index is 2.22. The van der Waals surface area contributed by atoms with Gasteiger partial charge in [-0.2, -0.15) is 0 Å². The van der Waals surface area contributed by atoms with E-state index in [4.69, 9.17) is 4.74 Å². The molecule has 1 amide bonds. The van der Waals surface area contributed by atoms with Crippen LogP contribution in [0, 0.1) is 13.8 Å². The van der Waals surface area contributed by atoms with Crippen LogP contribution in [0.25, 0.3) is 5.00 Å². The number of carbonyl (C=O) groups is 1. The molecule has 0 bridgehead atoms. The highest BCUT2D eigenvalue weighted by Crippen LogP contribution is 2.26. The lowest BCUT2D eigenvalue weighted by molar-refractivity contribution is 0.0780. The van der Waals surface area contributed by atoms with Gasteiger partial charge >= 0.3 is 0 Å². The smallest absolute Gasteiger partial charge is 0.256 e. The number of carbonyl (C=O) groups excluding carboxylic acids is 1. The van der Waals surface area contributed by atoms with Crippen LogP contribution in [-0.2, 0) is 4.74 Å². The lowest BCUT2D eigenvalue weighted by Crippen LogP contribution is -2.28. The summed E-state index contributed by atoms with van der Waals surface area (Å²) in [6.45, 7) is 5.49. The molecule has 5 heteroatoms. The average molecular weight is 306 g/mol. The molecule has 21 heavy (non-hydrogen) atoms. The second-order valence-electron chi connectivity index (χ2n) is 5.16. The first kappa shape index (κ1) is 15.8. The van der Waals surface area contributed by atoms with E-state index >= 15 is 0 Å². The average Bonchev–Trinajstić information content (AvgIpc) is 3.05. The summed E-state index contributed by atoms with van der Waals surface area (Å²) in [7, 11) is 3.52.